The van der Waals surface area contributed by atoms with Crippen LogP contribution >= 0.6 is 0 Å². The number of aromatic hydroxyl groups is 1. The van der Waals surface area contributed by atoms with Crippen molar-refractivity contribution in [3.63, 3.8) is 0 Å². The molecule has 152 valence electrons. The molecule has 1 unspecified atom stereocenters. The molecule has 1 atom stereocenters. The van der Waals surface area contributed by atoms with Crippen molar-refractivity contribution in [3.05, 3.63) is 57.6 Å². The second-order valence-electron chi connectivity index (χ2n) is 8.09. The largest absolute Gasteiger partial charge is 0.595 e. The standard InChI is InChI=1S/C21H29N3O4/c1-13(2)16(22-20(27)28-21(4,5)6)17-23-18(25)14(3)19(26)24(17)12-15-10-8-7-9-11-15/h7-11,13,16,25H,12H2,1-6H3,(H,22,27)/p-1. The Balaban J connectivity index is 2.59. The second-order valence-corrected chi connectivity index (χ2v) is 8.09. The molecule has 0 saturated carbocycles. The highest BCUT2D eigenvalue weighted by molar-refractivity contribution is 5.62. The summed E-state index contributed by atoms with van der Waals surface area (Å²) in [6.07, 6.45) is -0.730. The molecule has 0 saturated heterocycles. The van der Waals surface area contributed by atoms with Gasteiger partial charge in [-0.05, 0) is 18.4 Å². The van der Waals surface area contributed by atoms with Gasteiger partial charge in [0, 0.05) is 5.60 Å². The topological polar surface area (TPSA) is 99.8 Å². The minimum absolute atomic E-state index is 0.149. The number of ether oxygens (including phenoxy) is 1. The van der Waals surface area contributed by atoms with E-state index in [0.717, 1.165) is 5.56 Å². The zero-order chi connectivity index (χ0) is 21.1. The lowest BCUT2D eigenvalue weighted by molar-refractivity contribution is -0.261. The van der Waals surface area contributed by atoms with Crippen molar-refractivity contribution in [2.45, 2.75) is 59.7 Å². The number of rotatable bonds is 5. The van der Waals surface area contributed by atoms with E-state index in [1.807, 2.05) is 44.2 Å². The zero-order valence-electron chi connectivity index (χ0n) is 17.3. The molecule has 0 radical (unpaired) electrons. The third-order valence-electron chi connectivity index (χ3n) is 4.12. The highest BCUT2D eigenvalue weighted by atomic mass is 16.6. The Kier molecular flexibility index (Phi) is 6.48. The normalized spacial score (nSPS) is 13.6. The van der Waals surface area contributed by atoms with Crippen molar-refractivity contribution >= 4 is 6.08 Å². The Morgan fingerprint density at radius 3 is 2.43 bits per heavy atom. The fourth-order valence-corrected chi connectivity index (χ4v) is 2.71. The van der Waals surface area contributed by atoms with Gasteiger partial charge in [-0.1, -0.05) is 65.0 Å². The van der Waals surface area contributed by atoms with E-state index in [1.165, 1.54) is 11.5 Å². The van der Waals surface area contributed by atoms with Crippen LogP contribution in [0.5, 0.6) is 5.88 Å². The molecule has 28 heavy (non-hydrogen) atoms. The molecule has 0 aliphatic rings. The zero-order valence-corrected chi connectivity index (χ0v) is 17.3. The van der Waals surface area contributed by atoms with Gasteiger partial charge in [0.15, 0.2) is 0 Å². The Morgan fingerprint density at radius 2 is 1.89 bits per heavy atom. The minimum Gasteiger partial charge on any atom is -0.595 e. The van der Waals surface area contributed by atoms with Gasteiger partial charge in [0.05, 0.1) is 12.1 Å². The van der Waals surface area contributed by atoms with Crippen LogP contribution in [0.3, 0.4) is 0 Å². The fourth-order valence-electron chi connectivity index (χ4n) is 2.71. The number of aromatic nitrogens is 2. The number of hydrogen-bond acceptors (Lipinski definition) is 6. The summed E-state index contributed by atoms with van der Waals surface area (Å²) in [6.45, 7) is 10.8. The summed E-state index contributed by atoms with van der Waals surface area (Å²) in [5, 5.41) is 22.4. The third kappa shape index (κ3) is 5.34. The molecular formula is C21H28N3O4-. The molecule has 2 aromatic rings. The molecule has 1 N–H and O–H groups in total. The second kappa shape index (κ2) is 8.46. The molecule has 0 amide bonds. The van der Waals surface area contributed by atoms with Crippen molar-refractivity contribution in [2.24, 2.45) is 10.9 Å². The lowest BCUT2D eigenvalue weighted by Gasteiger charge is -2.31. The lowest BCUT2D eigenvalue weighted by atomic mass is 10.0. The van der Waals surface area contributed by atoms with E-state index in [2.05, 4.69) is 9.98 Å². The van der Waals surface area contributed by atoms with E-state index in [9.17, 15) is 15.0 Å². The monoisotopic (exact) mass is 386 g/mol. The van der Waals surface area contributed by atoms with Crippen molar-refractivity contribution in [1.82, 2.24) is 9.55 Å². The highest BCUT2D eigenvalue weighted by Gasteiger charge is 2.24. The number of hydrogen-bond donors (Lipinski definition) is 1. The van der Waals surface area contributed by atoms with Gasteiger partial charge in [-0.15, -0.1) is 0 Å². The average Bonchev–Trinajstić information content (AvgIpc) is 2.59. The van der Waals surface area contributed by atoms with Crippen LogP contribution in [0.15, 0.2) is 40.1 Å². The van der Waals surface area contributed by atoms with Crippen LogP contribution in [0.4, 0.5) is 0 Å². The Hall–Kier alpha value is -2.83. The van der Waals surface area contributed by atoms with Gasteiger partial charge in [-0.25, -0.2) is 0 Å². The van der Waals surface area contributed by atoms with E-state index >= 15 is 0 Å². The van der Waals surface area contributed by atoms with Crippen molar-refractivity contribution in [2.75, 3.05) is 0 Å². The van der Waals surface area contributed by atoms with Crippen molar-refractivity contribution in [1.29, 1.82) is 0 Å². The summed E-state index contributed by atoms with van der Waals surface area (Å²) in [5.41, 5.74) is 0.00245. The molecule has 0 bridgehead atoms. The number of benzene rings is 1. The van der Waals surface area contributed by atoms with Crippen LogP contribution in [0.2, 0.25) is 0 Å². The number of nitrogens with zero attached hydrogens (tertiary/aromatic N) is 3. The maximum Gasteiger partial charge on any atom is 0.260 e. The van der Waals surface area contributed by atoms with Gasteiger partial charge < -0.3 is 14.9 Å². The molecular weight excluding hydrogens is 358 g/mol. The first-order chi connectivity index (χ1) is 13.0. The molecule has 0 aliphatic carbocycles. The Bertz CT molecular complexity index is 896. The van der Waals surface area contributed by atoms with Gasteiger partial charge in [0.2, 0.25) is 5.88 Å². The Morgan fingerprint density at radius 1 is 1.29 bits per heavy atom. The molecule has 1 heterocycles. The number of aliphatic imine (C=N–C) groups is 1. The molecule has 1 aromatic carbocycles. The van der Waals surface area contributed by atoms with E-state index < -0.39 is 17.7 Å². The van der Waals surface area contributed by atoms with E-state index in [4.69, 9.17) is 4.74 Å². The maximum atomic E-state index is 12.9. The quantitative estimate of drug-likeness (QED) is 0.629. The SMILES string of the molecule is Cc1c(O)nc(C(N=C([O-])OC(C)(C)C)C(C)C)n(Cc2ccccc2)c1=O. The first kappa shape index (κ1) is 21.5. The smallest absolute Gasteiger partial charge is 0.260 e. The molecule has 7 nitrogen and oxygen atoms in total. The average molecular weight is 386 g/mol. The van der Waals surface area contributed by atoms with Crippen molar-refractivity contribution in [3.8, 4) is 5.88 Å². The summed E-state index contributed by atoms with van der Waals surface area (Å²) >= 11 is 0. The third-order valence-corrected chi connectivity index (χ3v) is 4.12. The summed E-state index contributed by atoms with van der Waals surface area (Å²) in [5.74, 6) is -0.268. The van der Waals surface area contributed by atoms with Crippen molar-refractivity contribution < 1.29 is 14.9 Å². The first-order valence-corrected chi connectivity index (χ1v) is 9.27. The van der Waals surface area contributed by atoms with Gasteiger partial charge in [0.25, 0.3) is 5.56 Å². The molecule has 7 heteroatoms. The van der Waals surface area contributed by atoms with Crippen LogP contribution < -0.4 is 10.7 Å². The van der Waals surface area contributed by atoms with Gasteiger partial charge in [-0.3, -0.25) is 14.4 Å². The summed E-state index contributed by atoms with van der Waals surface area (Å²) in [7, 11) is 0. The van der Waals surface area contributed by atoms with Crippen LogP contribution in [-0.2, 0) is 11.3 Å². The predicted octanol–water partition coefficient (Wildman–Crippen LogP) is 2.53. The minimum atomic E-state index is -0.738. The summed E-state index contributed by atoms with van der Waals surface area (Å²) in [4.78, 5) is 21.2. The van der Waals surface area contributed by atoms with Crippen LogP contribution in [0.1, 0.15) is 57.6 Å². The maximum absolute atomic E-state index is 12.9. The van der Waals surface area contributed by atoms with Gasteiger partial charge in [0.1, 0.15) is 18.0 Å². The molecule has 0 fully saturated rings. The van der Waals surface area contributed by atoms with Crippen LogP contribution in [-0.4, -0.2) is 26.3 Å². The molecule has 0 aliphatic heterocycles. The van der Waals surface area contributed by atoms with E-state index in [0.29, 0.717) is 0 Å². The van der Waals surface area contributed by atoms with Gasteiger partial charge in [-0.2, -0.15) is 4.98 Å². The van der Waals surface area contributed by atoms with Crippen LogP contribution in [0, 0.1) is 12.8 Å². The molecule has 1 aromatic heterocycles. The van der Waals surface area contributed by atoms with E-state index in [1.54, 1.807) is 20.8 Å². The van der Waals surface area contributed by atoms with Gasteiger partial charge >= 0.3 is 0 Å². The summed E-state index contributed by atoms with van der Waals surface area (Å²) in [6, 6.07) is 8.71. The van der Waals surface area contributed by atoms with E-state index in [-0.39, 0.29) is 35.3 Å². The highest BCUT2D eigenvalue weighted by Crippen LogP contribution is 2.27. The first-order valence-electron chi connectivity index (χ1n) is 9.27. The Labute approximate surface area is 165 Å². The summed E-state index contributed by atoms with van der Waals surface area (Å²) < 4.78 is 6.76. The lowest BCUT2D eigenvalue weighted by Crippen LogP contribution is -2.34. The molecule has 2 rings (SSSR count). The van der Waals surface area contributed by atoms with Crippen LogP contribution in [0.25, 0.3) is 0 Å². The molecule has 0 spiro atoms. The predicted molar refractivity (Wildman–Crippen MR) is 106 cm³/mol. The fraction of sp³-hybridized carbons (Fsp3) is 0.476.